The van der Waals surface area contributed by atoms with Gasteiger partial charge in [0.25, 0.3) is 0 Å². The molecule has 4 nitrogen and oxygen atoms in total. The fourth-order valence-electron chi connectivity index (χ4n) is 4.10. The molecule has 0 aromatic heterocycles. The van der Waals surface area contributed by atoms with E-state index in [1.165, 1.54) is 0 Å². The van der Waals surface area contributed by atoms with Gasteiger partial charge >= 0.3 is 0 Å². The lowest BCUT2D eigenvalue weighted by Gasteiger charge is -2.42. The second-order valence-electron chi connectivity index (χ2n) is 7.58. The van der Waals surface area contributed by atoms with Gasteiger partial charge in [-0.1, -0.05) is 31.5 Å². The molecule has 0 bridgehead atoms. The van der Waals surface area contributed by atoms with Crippen LogP contribution in [0.4, 0.5) is 0 Å². The molecule has 0 amide bonds. The largest absolute Gasteiger partial charge is 0.388 e. The molecule has 0 spiro atoms. The highest BCUT2D eigenvalue weighted by molar-refractivity contribution is 7.89. The summed E-state index contributed by atoms with van der Waals surface area (Å²) < 4.78 is 27.6. The minimum atomic E-state index is -3.54. The highest BCUT2D eigenvalue weighted by Crippen LogP contribution is 2.45. The lowest BCUT2D eigenvalue weighted by molar-refractivity contribution is -0.0329. The van der Waals surface area contributed by atoms with Crippen LogP contribution in [0, 0.1) is 18.8 Å². The molecule has 128 valence electrons. The molecule has 3 rings (SSSR count). The first-order chi connectivity index (χ1) is 10.7. The number of rotatable bonds is 3. The normalized spacial score (nSPS) is 32.2. The van der Waals surface area contributed by atoms with Gasteiger partial charge in [-0.05, 0) is 56.6 Å². The summed E-state index contributed by atoms with van der Waals surface area (Å²) in [5, 5.41) is 10.9. The van der Waals surface area contributed by atoms with Crippen LogP contribution in [0.3, 0.4) is 0 Å². The molecule has 1 saturated carbocycles. The van der Waals surface area contributed by atoms with Crippen LogP contribution >= 0.6 is 0 Å². The van der Waals surface area contributed by atoms with Gasteiger partial charge in [-0.2, -0.15) is 4.31 Å². The zero-order chi connectivity index (χ0) is 16.8. The summed E-state index contributed by atoms with van der Waals surface area (Å²) in [5.41, 5.74) is 0.197. The Morgan fingerprint density at radius 3 is 2.48 bits per heavy atom. The quantitative estimate of drug-likeness (QED) is 0.922. The summed E-state index contributed by atoms with van der Waals surface area (Å²) >= 11 is 0. The van der Waals surface area contributed by atoms with Gasteiger partial charge in [0.05, 0.1) is 16.5 Å². The molecule has 1 saturated heterocycles. The molecule has 1 N–H and O–H groups in total. The second-order valence-corrected chi connectivity index (χ2v) is 9.47. The molecule has 1 aliphatic heterocycles. The van der Waals surface area contributed by atoms with Crippen molar-refractivity contribution in [2.75, 3.05) is 6.54 Å². The summed E-state index contributed by atoms with van der Waals surface area (Å²) in [6.45, 7) is 6.73. The Balaban J connectivity index is 1.91. The number of fused-ring (bicyclic) bond motifs is 1. The first-order valence-corrected chi connectivity index (χ1v) is 9.99. The van der Waals surface area contributed by atoms with Crippen molar-refractivity contribution in [3.8, 4) is 0 Å². The molecule has 23 heavy (non-hydrogen) atoms. The van der Waals surface area contributed by atoms with Crippen molar-refractivity contribution in [1.82, 2.24) is 4.31 Å². The predicted octanol–water partition coefficient (Wildman–Crippen LogP) is 2.95. The lowest BCUT2D eigenvalue weighted by Crippen LogP contribution is -2.51. The number of benzene rings is 1. The number of aryl methyl sites for hydroxylation is 1. The maximum absolute atomic E-state index is 13.0. The molecule has 1 aromatic rings. The van der Waals surface area contributed by atoms with Crippen molar-refractivity contribution in [2.24, 2.45) is 11.8 Å². The van der Waals surface area contributed by atoms with E-state index in [1.807, 2.05) is 19.1 Å². The van der Waals surface area contributed by atoms with Crippen LogP contribution in [0.1, 0.15) is 45.1 Å². The Hall–Kier alpha value is -0.910. The number of hydrogen-bond donors (Lipinski definition) is 1. The predicted molar refractivity (Wildman–Crippen MR) is 90.6 cm³/mol. The van der Waals surface area contributed by atoms with Gasteiger partial charge in [-0.15, -0.1) is 0 Å². The first-order valence-electron chi connectivity index (χ1n) is 8.55. The number of aliphatic hydroxyl groups is 1. The monoisotopic (exact) mass is 337 g/mol. The van der Waals surface area contributed by atoms with Gasteiger partial charge in [-0.3, -0.25) is 0 Å². The summed E-state index contributed by atoms with van der Waals surface area (Å²) in [7, 11) is -3.54. The third-order valence-corrected chi connectivity index (χ3v) is 7.70. The molecular weight excluding hydrogens is 310 g/mol. The molecule has 1 aliphatic carbocycles. The minimum Gasteiger partial charge on any atom is -0.388 e. The van der Waals surface area contributed by atoms with Gasteiger partial charge in [0.2, 0.25) is 10.0 Å². The molecule has 5 heteroatoms. The van der Waals surface area contributed by atoms with Gasteiger partial charge in [-0.25, -0.2) is 8.42 Å². The maximum atomic E-state index is 13.0. The summed E-state index contributed by atoms with van der Waals surface area (Å²) in [6.07, 6.45) is 3.01. The van der Waals surface area contributed by atoms with Crippen LogP contribution in [-0.4, -0.2) is 36.0 Å². The van der Waals surface area contributed by atoms with E-state index in [-0.39, 0.29) is 6.04 Å². The van der Waals surface area contributed by atoms with Gasteiger partial charge in [0.1, 0.15) is 0 Å². The summed E-state index contributed by atoms with van der Waals surface area (Å²) in [6, 6.07) is 6.71. The molecule has 0 unspecified atom stereocenters. The Kier molecular flexibility index (Phi) is 4.32. The second kappa shape index (κ2) is 5.87. The van der Waals surface area contributed by atoms with Crippen molar-refractivity contribution in [3.05, 3.63) is 29.8 Å². The molecule has 2 fully saturated rings. The van der Waals surface area contributed by atoms with E-state index in [1.54, 1.807) is 16.4 Å². The van der Waals surface area contributed by atoms with Crippen molar-refractivity contribution >= 4 is 10.0 Å². The lowest BCUT2D eigenvalue weighted by atomic mass is 9.72. The van der Waals surface area contributed by atoms with Crippen molar-refractivity contribution < 1.29 is 13.5 Å². The van der Waals surface area contributed by atoms with E-state index in [4.69, 9.17) is 0 Å². The van der Waals surface area contributed by atoms with E-state index in [0.717, 1.165) is 18.4 Å². The SMILES string of the molecule is Cc1ccc(S(=O)(=O)N2CC[C@@]3(O)CC[C@H](C(C)C)C[C@@H]23)cc1. The zero-order valence-electron chi connectivity index (χ0n) is 14.2. The van der Waals surface area contributed by atoms with Gasteiger partial charge in [0.15, 0.2) is 0 Å². The molecular formula is C18H27NO3S. The van der Waals surface area contributed by atoms with Crippen molar-refractivity contribution in [3.63, 3.8) is 0 Å². The molecule has 2 aliphatic rings. The van der Waals surface area contributed by atoms with E-state index < -0.39 is 15.6 Å². The first kappa shape index (κ1) is 16.9. The zero-order valence-corrected chi connectivity index (χ0v) is 15.0. The van der Waals surface area contributed by atoms with Crippen LogP contribution in [0.2, 0.25) is 0 Å². The maximum Gasteiger partial charge on any atom is 0.243 e. The van der Waals surface area contributed by atoms with Crippen LogP contribution in [0.25, 0.3) is 0 Å². The molecule has 3 atom stereocenters. The van der Waals surface area contributed by atoms with Crippen LogP contribution < -0.4 is 0 Å². The average molecular weight is 337 g/mol. The van der Waals surface area contributed by atoms with E-state index in [0.29, 0.717) is 36.1 Å². The third kappa shape index (κ3) is 2.94. The third-order valence-electron chi connectivity index (χ3n) is 5.78. The molecule has 1 heterocycles. The van der Waals surface area contributed by atoms with Crippen molar-refractivity contribution in [2.45, 2.75) is 63.0 Å². The average Bonchev–Trinajstić information content (AvgIpc) is 2.84. The van der Waals surface area contributed by atoms with E-state index in [2.05, 4.69) is 13.8 Å². The standard InChI is InChI=1S/C18H27NO3S/c1-13(2)15-8-9-18(20)10-11-19(17(18)12-15)23(21,22)16-6-4-14(3)5-7-16/h4-7,13,15,17,20H,8-12H2,1-3H3/t15-,17+,18-/m0/s1. The van der Waals surface area contributed by atoms with Gasteiger partial charge < -0.3 is 5.11 Å². The number of hydrogen-bond acceptors (Lipinski definition) is 3. The Morgan fingerprint density at radius 2 is 1.87 bits per heavy atom. The van der Waals surface area contributed by atoms with Crippen molar-refractivity contribution in [1.29, 1.82) is 0 Å². The minimum absolute atomic E-state index is 0.282. The van der Waals surface area contributed by atoms with Crippen LogP contribution in [-0.2, 0) is 10.0 Å². The van der Waals surface area contributed by atoms with Crippen LogP contribution in [0.15, 0.2) is 29.2 Å². The fraction of sp³-hybridized carbons (Fsp3) is 0.667. The highest BCUT2D eigenvalue weighted by atomic mass is 32.2. The van der Waals surface area contributed by atoms with E-state index in [9.17, 15) is 13.5 Å². The van der Waals surface area contributed by atoms with Crippen LogP contribution in [0.5, 0.6) is 0 Å². The Bertz CT molecular complexity index is 668. The summed E-state index contributed by atoms with van der Waals surface area (Å²) in [5.74, 6) is 0.998. The highest BCUT2D eigenvalue weighted by Gasteiger charge is 2.53. The fourth-order valence-corrected chi connectivity index (χ4v) is 5.80. The number of nitrogens with zero attached hydrogens (tertiary/aromatic N) is 1. The summed E-state index contributed by atoms with van der Waals surface area (Å²) in [4.78, 5) is 0.332. The Morgan fingerprint density at radius 1 is 1.22 bits per heavy atom. The Labute approximate surface area is 139 Å². The number of sulfonamides is 1. The van der Waals surface area contributed by atoms with E-state index >= 15 is 0 Å². The smallest absolute Gasteiger partial charge is 0.243 e. The topological polar surface area (TPSA) is 57.6 Å². The molecule has 0 radical (unpaired) electrons. The van der Waals surface area contributed by atoms with Gasteiger partial charge in [0, 0.05) is 6.54 Å². The molecule has 1 aromatic carbocycles.